The fourth-order valence-corrected chi connectivity index (χ4v) is 4.80. The minimum atomic E-state index is -0.159. The third kappa shape index (κ3) is 2.75. The van der Waals surface area contributed by atoms with E-state index in [1.54, 1.807) is 12.4 Å². The van der Waals surface area contributed by atoms with Gasteiger partial charge in [-0.15, -0.1) is 11.3 Å². The molecule has 10 nitrogen and oxygen atoms in total. The Morgan fingerprint density at radius 2 is 2.20 bits per heavy atom. The Morgan fingerprint density at radius 3 is 3.00 bits per heavy atom. The summed E-state index contributed by atoms with van der Waals surface area (Å²) in [7, 11) is 1.84. The second kappa shape index (κ2) is 6.97. The molecule has 0 spiro atoms. The van der Waals surface area contributed by atoms with Crippen molar-refractivity contribution < 1.29 is 0 Å². The second-order valence-electron chi connectivity index (χ2n) is 6.95. The number of hydrazine groups is 1. The number of nitrogens with one attached hydrogen (secondary N) is 2. The third-order valence-corrected chi connectivity index (χ3v) is 6.27. The highest BCUT2D eigenvalue weighted by atomic mass is 32.1. The van der Waals surface area contributed by atoms with Crippen molar-refractivity contribution in [2.75, 3.05) is 0 Å². The first-order chi connectivity index (χ1) is 14.6. The van der Waals surface area contributed by atoms with E-state index in [1.807, 2.05) is 29.8 Å². The fraction of sp³-hybridized carbons (Fsp3) is 0.158. The van der Waals surface area contributed by atoms with E-state index in [0.717, 1.165) is 37.2 Å². The van der Waals surface area contributed by atoms with Crippen LogP contribution in [0.25, 0.3) is 32.2 Å². The standard InChI is InChI=1S/C19H19N9OS/c1-27-16-13(17-18(27)24-15(30-17)5-11(6-20)25-21)8-23-28(19(16)29)9-10-3-2-4-14-12(10)7-22-26-14/h2-4,6-8,25H,5,9,20-21H2,1H3,(H,22,26)/b11-6-. The van der Waals surface area contributed by atoms with Gasteiger partial charge >= 0.3 is 0 Å². The molecule has 30 heavy (non-hydrogen) atoms. The van der Waals surface area contributed by atoms with E-state index in [1.165, 1.54) is 22.2 Å². The van der Waals surface area contributed by atoms with E-state index in [-0.39, 0.29) is 5.56 Å². The molecule has 0 saturated carbocycles. The second-order valence-corrected chi connectivity index (χ2v) is 8.03. The highest BCUT2D eigenvalue weighted by Crippen LogP contribution is 2.31. The van der Waals surface area contributed by atoms with Crippen molar-refractivity contribution in [2.24, 2.45) is 18.6 Å². The number of nitrogens with zero attached hydrogens (tertiary/aromatic N) is 5. The van der Waals surface area contributed by atoms with Crippen LogP contribution in [0.5, 0.6) is 0 Å². The summed E-state index contributed by atoms with van der Waals surface area (Å²) in [5, 5.41) is 14.1. The Hall–Kier alpha value is -3.70. The maximum Gasteiger partial charge on any atom is 0.291 e. The highest BCUT2D eigenvalue weighted by Gasteiger charge is 2.19. The first-order valence-electron chi connectivity index (χ1n) is 9.23. The summed E-state index contributed by atoms with van der Waals surface area (Å²) in [6.45, 7) is 0.357. The zero-order valence-corrected chi connectivity index (χ0v) is 16.9. The highest BCUT2D eigenvalue weighted by molar-refractivity contribution is 7.19. The van der Waals surface area contributed by atoms with Crippen LogP contribution in [-0.2, 0) is 20.0 Å². The molecule has 0 fully saturated rings. The van der Waals surface area contributed by atoms with Crippen LogP contribution in [0.15, 0.2) is 47.3 Å². The fourth-order valence-electron chi connectivity index (χ4n) is 3.67. The summed E-state index contributed by atoms with van der Waals surface area (Å²) in [5.74, 6) is 5.46. The first-order valence-corrected chi connectivity index (χ1v) is 10.0. The SMILES string of the molecule is Cn1c2nc(C/C(=C/N)NN)sc2c2cnn(Cc3cccc4[nH]ncc34)c(=O)c21. The smallest absolute Gasteiger partial charge is 0.291 e. The van der Waals surface area contributed by atoms with Gasteiger partial charge in [-0.1, -0.05) is 12.1 Å². The van der Waals surface area contributed by atoms with Gasteiger partial charge in [-0.25, -0.2) is 9.67 Å². The van der Waals surface area contributed by atoms with E-state index < -0.39 is 0 Å². The third-order valence-electron chi connectivity index (χ3n) is 5.19. The molecular weight excluding hydrogens is 402 g/mol. The molecule has 0 radical (unpaired) electrons. The van der Waals surface area contributed by atoms with Gasteiger partial charge in [-0.05, 0) is 11.6 Å². The van der Waals surface area contributed by atoms with Gasteiger partial charge in [0.2, 0.25) is 0 Å². The number of aryl methyl sites for hydroxylation is 1. The molecule has 4 heterocycles. The maximum atomic E-state index is 13.2. The monoisotopic (exact) mass is 421 g/mol. The zero-order valence-electron chi connectivity index (χ0n) is 16.1. The van der Waals surface area contributed by atoms with Crippen LogP contribution in [0.3, 0.4) is 0 Å². The molecule has 6 N–H and O–H groups in total. The average Bonchev–Trinajstić information content (AvgIpc) is 3.45. The number of fused-ring (bicyclic) bond motifs is 4. The molecule has 0 saturated heterocycles. The predicted molar refractivity (Wildman–Crippen MR) is 117 cm³/mol. The van der Waals surface area contributed by atoms with Gasteiger partial charge in [-0.2, -0.15) is 10.2 Å². The minimum absolute atomic E-state index is 0.159. The van der Waals surface area contributed by atoms with E-state index >= 15 is 0 Å². The molecule has 0 aliphatic carbocycles. The van der Waals surface area contributed by atoms with Gasteiger partial charge in [0, 0.05) is 36.1 Å². The molecule has 0 aliphatic rings. The van der Waals surface area contributed by atoms with Crippen molar-refractivity contribution in [3.8, 4) is 0 Å². The van der Waals surface area contributed by atoms with Crippen LogP contribution < -0.4 is 22.6 Å². The molecule has 5 aromatic rings. The lowest BCUT2D eigenvalue weighted by Crippen LogP contribution is -2.24. The molecule has 0 amide bonds. The van der Waals surface area contributed by atoms with Crippen LogP contribution in [0.2, 0.25) is 0 Å². The summed E-state index contributed by atoms with van der Waals surface area (Å²) in [6, 6.07) is 5.86. The van der Waals surface area contributed by atoms with Crippen LogP contribution in [0.4, 0.5) is 0 Å². The molecule has 152 valence electrons. The predicted octanol–water partition coefficient (Wildman–Crippen LogP) is 1.08. The van der Waals surface area contributed by atoms with Gasteiger partial charge < -0.3 is 15.7 Å². The summed E-state index contributed by atoms with van der Waals surface area (Å²) in [5.41, 5.74) is 11.9. The van der Waals surface area contributed by atoms with Crippen molar-refractivity contribution >= 4 is 43.5 Å². The molecule has 1 aromatic carbocycles. The number of H-pyrrole nitrogens is 1. The van der Waals surface area contributed by atoms with Crippen molar-refractivity contribution in [1.29, 1.82) is 0 Å². The quantitative estimate of drug-likeness (QED) is 0.245. The molecule has 0 aliphatic heterocycles. The number of hydrogen-bond donors (Lipinski definition) is 4. The van der Waals surface area contributed by atoms with Crippen LogP contribution in [-0.4, -0.2) is 29.5 Å². The number of nitrogens with two attached hydrogens (primary N) is 2. The van der Waals surface area contributed by atoms with E-state index in [4.69, 9.17) is 11.6 Å². The number of aromatic nitrogens is 6. The van der Waals surface area contributed by atoms with Crippen molar-refractivity contribution in [2.45, 2.75) is 13.0 Å². The number of allylic oxidation sites excluding steroid dienone is 1. The molecule has 11 heteroatoms. The van der Waals surface area contributed by atoms with Gasteiger partial charge in [-0.3, -0.25) is 15.7 Å². The Bertz CT molecular complexity index is 1490. The molecule has 0 unspecified atom stereocenters. The van der Waals surface area contributed by atoms with Gasteiger partial charge in [0.15, 0.2) is 5.65 Å². The molecular formula is C19H19N9OS. The normalized spacial score (nSPS) is 12.4. The Kier molecular flexibility index (Phi) is 4.26. The summed E-state index contributed by atoms with van der Waals surface area (Å²) in [4.78, 5) is 17.9. The summed E-state index contributed by atoms with van der Waals surface area (Å²) < 4.78 is 4.22. The summed E-state index contributed by atoms with van der Waals surface area (Å²) in [6.07, 6.45) is 5.41. The molecule has 4 aromatic heterocycles. The first kappa shape index (κ1) is 18.3. The van der Waals surface area contributed by atoms with Crippen LogP contribution in [0, 0.1) is 0 Å². The Morgan fingerprint density at radius 1 is 1.33 bits per heavy atom. The van der Waals surface area contributed by atoms with Gasteiger partial charge in [0.1, 0.15) is 10.5 Å². The van der Waals surface area contributed by atoms with Crippen molar-refractivity contribution in [3.05, 3.63) is 63.4 Å². The topological polar surface area (TPSA) is 145 Å². The molecule has 0 bridgehead atoms. The van der Waals surface area contributed by atoms with Crippen LogP contribution >= 0.6 is 11.3 Å². The number of hydrogen-bond acceptors (Lipinski definition) is 8. The number of rotatable bonds is 5. The largest absolute Gasteiger partial charge is 0.403 e. The van der Waals surface area contributed by atoms with Crippen molar-refractivity contribution in [3.63, 3.8) is 0 Å². The lowest BCUT2D eigenvalue weighted by molar-refractivity contribution is 0.647. The number of thiazole rings is 1. The average molecular weight is 421 g/mol. The lowest BCUT2D eigenvalue weighted by Gasteiger charge is -2.07. The maximum absolute atomic E-state index is 13.2. The van der Waals surface area contributed by atoms with Gasteiger partial charge in [0.05, 0.1) is 29.2 Å². The van der Waals surface area contributed by atoms with E-state index in [9.17, 15) is 4.79 Å². The summed E-state index contributed by atoms with van der Waals surface area (Å²) >= 11 is 1.50. The Labute approximate surface area is 173 Å². The number of benzene rings is 1. The lowest BCUT2D eigenvalue weighted by atomic mass is 10.1. The van der Waals surface area contributed by atoms with E-state index in [0.29, 0.717) is 24.2 Å². The van der Waals surface area contributed by atoms with Crippen molar-refractivity contribution in [1.82, 2.24) is 35.0 Å². The molecule has 5 rings (SSSR count). The Balaban J connectivity index is 1.60. The van der Waals surface area contributed by atoms with E-state index in [2.05, 4.69) is 25.7 Å². The van der Waals surface area contributed by atoms with Gasteiger partial charge in [0.25, 0.3) is 5.56 Å². The van der Waals surface area contributed by atoms with Crippen LogP contribution in [0.1, 0.15) is 10.6 Å². The number of aromatic amines is 1. The molecule has 0 atom stereocenters. The zero-order chi connectivity index (χ0) is 20.8. The minimum Gasteiger partial charge on any atom is -0.403 e.